The number of fused-ring (bicyclic) bond motifs is 2. The summed E-state index contributed by atoms with van der Waals surface area (Å²) >= 11 is 0. The first kappa shape index (κ1) is 26.1. The number of carbonyl (C=O) groups is 1. The molecule has 8 heteroatoms. The Morgan fingerprint density at radius 2 is 1.58 bits per heavy atom. The van der Waals surface area contributed by atoms with E-state index in [0.717, 1.165) is 33.0 Å². The summed E-state index contributed by atoms with van der Waals surface area (Å²) in [6.07, 6.45) is -6.26. The normalized spacial score (nSPS) is 23.5. The van der Waals surface area contributed by atoms with Gasteiger partial charge in [0.2, 0.25) is 0 Å². The molecular formula is C30H30O8. The van der Waals surface area contributed by atoms with E-state index in [0.29, 0.717) is 23.3 Å². The van der Waals surface area contributed by atoms with Crippen LogP contribution in [0.15, 0.2) is 66.7 Å². The minimum absolute atomic E-state index is 0.359. The fourth-order valence-corrected chi connectivity index (χ4v) is 5.43. The molecule has 1 aliphatic heterocycles. The smallest absolute Gasteiger partial charge is 0.338 e. The summed E-state index contributed by atoms with van der Waals surface area (Å²) in [5, 5.41) is 43.0. The van der Waals surface area contributed by atoms with Crippen molar-refractivity contribution in [3.8, 4) is 16.9 Å². The van der Waals surface area contributed by atoms with Crippen molar-refractivity contribution in [1.82, 2.24) is 0 Å². The van der Waals surface area contributed by atoms with E-state index in [9.17, 15) is 25.2 Å². The second-order valence-corrected chi connectivity index (χ2v) is 9.45. The van der Waals surface area contributed by atoms with Gasteiger partial charge in [0, 0.05) is 10.9 Å². The zero-order chi connectivity index (χ0) is 27.0. The molecule has 2 aromatic carbocycles. The maximum atomic E-state index is 12.9. The zero-order valence-electron chi connectivity index (χ0n) is 21.1. The molecule has 0 spiro atoms. The van der Waals surface area contributed by atoms with Crippen molar-refractivity contribution in [3.63, 3.8) is 0 Å². The van der Waals surface area contributed by atoms with Gasteiger partial charge >= 0.3 is 5.97 Å². The predicted molar refractivity (Wildman–Crippen MR) is 140 cm³/mol. The molecule has 2 aromatic rings. The predicted octanol–water partition coefficient (Wildman–Crippen LogP) is 2.85. The van der Waals surface area contributed by atoms with Crippen LogP contribution in [-0.2, 0) is 15.9 Å². The van der Waals surface area contributed by atoms with E-state index in [1.165, 1.54) is 14.2 Å². The molecule has 0 aromatic heterocycles. The Balaban J connectivity index is 1.70. The standard InChI is InChI=1S/C30H30O8/c1-36-28-21-11-7-6-9-19(21)17(14-22(28)29-27(34)26(33)25(32)23(15-31)38-29)13-18-12-16-8-4-3-5-10-20(16)24(18)30(35)37-2/h3-12,14,23,25-27,29,31-34H,13,15H2,1-2H3/t23-,25-,26+,27-,29?/m1/s1. The van der Waals surface area contributed by atoms with Crippen molar-refractivity contribution in [3.05, 3.63) is 89.0 Å². The van der Waals surface area contributed by atoms with Crippen molar-refractivity contribution in [2.45, 2.75) is 36.9 Å². The third-order valence-electron chi connectivity index (χ3n) is 7.27. The number of hydrogen-bond donors (Lipinski definition) is 4. The highest BCUT2D eigenvalue weighted by Crippen LogP contribution is 2.43. The molecule has 5 rings (SSSR count). The Morgan fingerprint density at radius 3 is 2.29 bits per heavy atom. The lowest BCUT2D eigenvalue weighted by Crippen LogP contribution is -2.55. The number of aliphatic hydroxyl groups is 4. The minimum atomic E-state index is -1.53. The third-order valence-corrected chi connectivity index (χ3v) is 7.27. The van der Waals surface area contributed by atoms with Crippen LogP contribution in [0.3, 0.4) is 0 Å². The number of methoxy groups -OCH3 is 2. The van der Waals surface area contributed by atoms with Gasteiger partial charge in [0.1, 0.15) is 36.3 Å². The first-order valence-corrected chi connectivity index (χ1v) is 12.4. The average Bonchev–Trinajstić information content (AvgIpc) is 3.11. The van der Waals surface area contributed by atoms with Crippen molar-refractivity contribution in [2.24, 2.45) is 0 Å². The molecule has 3 aliphatic rings. The SMILES string of the molecule is COC(=O)c1c(Cc2cc(C3O[C@H](CO)[C@@H](O)[C@H](O)[C@H]3O)c(OC)c3ccccc23)cc2cccccc1-2. The topological polar surface area (TPSA) is 126 Å². The number of ether oxygens (including phenoxy) is 3. The maximum absolute atomic E-state index is 12.9. The van der Waals surface area contributed by atoms with Gasteiger partial charge in [-0.15, -0.1) is 0 Å². The molecule has 0 amide bonds. The molecule has 198 valence electrons. The van der Waals surface area contributed by atoms with Gasteiger partial charge in [-0.1, -0.05) is 54.6 Å². The molecular weight excluding hydrogens is 488 g/mol. The average molecular weight is 519 g/mol. The first-order chi connectivity index (χ1) is 18.4. The van der Waals surface area contributed by atoms with Crippen molar-refractivity contribution < 1.29 is 39.4 Å². The maximum Gasteiger partial charge on any atom is 0.338 e. The van der Waals surface area contributed by atoms with E-state index in [2.05, 4.69) is 0 Å². The van der Waals surface area contributed by atoms with Crippen molar-refractivity contribution in [1.29, 1.82) is 0 Å². The van der Waals surface area contributed by atoms with Gasteiger partial charge in [-0.3, -0.25) is 0 Å². The fourth-order valence-electron chi connectivity index (χ4n) is 5.43. The number of esters is 1. The van der Waals surface area contributed by atoms with Gasteiger partial charge in [0.05, 0.1) is 26.4 Å². The van der Waals surface area contributed by atoms with Gasteiger partial charge in [-0.05, 0) is 46.2 Å². The van der Waals surface area contributed by atoms with Gasteiger partial charge < -0.3 is 34.6 Å². The van der Waals surface area contributed by atoms with Crippen LogP contribution in [0.5, 0.6) is 5.75 Å². The summed E-state index contributed by atoms with van der Waals surface area (Å²) in [5.41, 5.74) is 4.22. The number of aliphatic hydroxyl groups excluding tert-OH is 4. The Morgan fingerprint density at radius 1 is 0.868 bits per heavy atom. The second-order valence-electron chi connectivity index (χ2n) is 9.45. The highest BCUT2D eigenvalue weighted by molar-refractivity contribution is 6.01. The minimum Gasteiger partial charge on any atom is -0.496 e. The molecule has 1 unspecified atom stereocenters. The van der Waals surface area contributed by atoms with Gasteiger partial charge in [0.25, 0.3) is 0 Å². The molecule has 8 nitrogen and oxygen atoms in total. The van der Waals surface area contributed by atoms with Crippen molar-refractivity contribution in [2.75, 3.05) is 20.8 Å². The fraction of sp³-hybridized carbons (Fsp3) is 0.300. The largest absolute Gasteiger partial charge is 0.496 e. The van der Waals surface area contributed by atoms with E-state index < -0.39 is 43.1 Å². The summed E-state index contributed by atoms with van der Waals surface area (Å²) in [4.78, 5) is 12.9. The molecule has 1 fully saturated rings. The molecule has 5 atom stereocenters. The van der Waals surface area contributed by atoms with Crippen LogP contribution in [0, 0.1) is 0 Å². The number of rotatable bonds is 6. The molecule has 1 saturated heterocycles. The van der Waals surface area contributed by atoms with E-state index in [1.54, 1.807) is 0 Å². The van der Waals surface area contributed by atoms with Gasteiger partial charge in [0.15, 0.2) is 0 Å². The molecule has 0 bridgehead atoms. The van der Waals surface area contributed by atoms with Crippen molar-refractivity contribution >= 4 is 16.7 Å². The molecule has 1 heterocycles. The van der Waals surface area contributed by atoms with Crippen LogP contribution in [-0.4, -0.2) is 71.6 Å². The zero-order valence-corrected chi connectivity index (χ0v) is 21.1. The van der Waals surface area contributed by atoms with Crippen LogP contribution in [0.1, 0.15) is 33.2 Å². The lowest BCUT2D eigenvalue weighted by molar-refractivity contribution is -0.232. The Kier molecular flexibility index (Phi) is 7.34. The lowest BCUT2D eigenvalue weighted by Gasteiger charge is -2.40. The summed E-state index contributed by atoms with van der Waals surface area (Å²) < 4.78 is 16.8. The summed E-state index contributed by atoms with van der Waals surface area (Å²) in [6, 6.07) is 20.9. The molecule has 0 radical (unpaired) electrons. The van der Waals surface area contributed by atoms with E-state index >= 15 is 0 Å². The number of benzene rings is 2. The lowest BCUT2D eigenvalue weighted by atomic mass is 9.87. The number of hydrogen-bond acceptors (Lipinski definition) is 8. The van der Waals surface area contributed by atoms with Crippen LogP contribution in [0.25, 0.3) is 21.9 Å². The highest BCUT2D eigenvalue weighted by Gasteiger charge is 2.45. The monoisotopic (exact) mass is 518 g/mol. The molecule has 4 N–H and O–H groups in total. The molecule has 0 saturated carbocycles. The summed E-state index contributed by atoms with van der Waals surface area (Å²) in [5.74, 6) is 0.00902. The summed E-state index contributed by atoms with van der Waals surface area (Å²) in [7, 11) is 2.86. The number of carbonyl (C=O) groups excluding carboxylic acids is 1. The highest BCUT2D eigenvalue weighted by atomic mass is 16.5. The van der Waals surface area contributed by atoms with Crippen LogP contribution < -0.4 is 4.74 Å². The first-order valence-electron chi connectivity index (χ1n) is 12.4. The third kappa shape index (κ3) is 4.40. The Labute approximate surface area is 220 Å². The quantitative estimate of drug-likeness (QED) is 0.287. The van der Waals surface area contributed by atoms with E-state index in [-0.39, 0.29) is 0 Å². The molecule has 2 aliphatic carbocycles. The van der Waals surface area contributed by atoms with Gasteiger partial charge in [-0.2, -0.15) is 0 Å². The van der Waals surface area contributed by atoms with Crippen LogP contribution in [0.4, 0.5) is 0 Å². The van der Waals surface area contributed by atoms with Gasteiger partial charge in [-0.25, -0.2) is 4.79 Å². The van der Waals surface area contributed by atoms with E-state index in [4.69, 9.17) is 14.2 Å². The van der Waals surface area contributed by atoms with Crippen LogP contribution in [0.2, 0.25) is 0 Å². The van der Waals surface area contributed by atoms with E-state index in [1.807, 2.05) is 66.7 Å². The Hall–Kier alpha value is -3.53. The summed E-state index contributed by atoms with van der Waals surface area (Å²) in [6.45, 7) is -0.537. The Bertz CT molecular complexity index is 1430. The van der Waals surface area contributed by atoms with Crippen LogP contribution >= 0.6 is 0 Å². The second kappa shape index (κ2) is 10.7. The molecule has 38 heavy (non-hydrogen) atoms.